The van der Waals surface area contributed by atoms with Crippen LogP contribution < -0.4 is 0 Å². The van der Waals surface area contributed by atoms with Gasteiger partial charge in [0.1, 0.15) is 17.2 Å². The predicted molar refractivity (Wildman–Crippen MR) is 87.8 cm³/mol. The van der Waals surface area contributed by atoms with Crippen molar-refractivity contribution in [1.29, 1.82) is 0 Å². The summed E-state index contributed by atoms with van der Waals surface area (Å²) in [6, 6.07) is 8.37. The van der Waals surface area contributed by atoms with Crippen LogP contribution in [-0.2, 0) is 19.1 Å². The molecule has 130 valence electrons. The van der Waals surface area contributed by atoms with Crippen molar-refractivity contribution in [2.45, 2.75) is 25.9 Å². The number of halogens is 2. The van der Waals surface area contributed by atoms with Crippen molar-refractivity contribution in [2.75, 3.05) is 0 Å². The van der Waals surface area contributed by atoms with Gasteiger partial charge in [-0.2, -0.15) is 0 Å². The van der Waals surface area contributed by atoms with Crippen LogP contribution in [0.25, 0.3) is 0 Å². The van der Waals surface area contributed by atoms with E-state index in [4.69, 9.17) is 0 Å². The molecule has 3 rings (SSSR count). The monoisotopic (exact) mass is 344 g/mol. The van der Waals surface area contributed by atoms with Crippen molar-refractivity contribution in [3.05, 3.63) is 76.1 Å². The second-order valence-electron chi connectivity index (χ2n) is 6.17. The average Bonchev–Trinajstić information content (AvgIpc) is 2.91. The fourth-order valence-corrected chi connectivity index (χ4v) is 3.14. The molecule has 0 aliphatic heterocycles. The summed E-state index contributed by atoms with van der Waals surface area (Å²) in [6.45, 7) is 3.44. The molecule has 3 aromatic rings. The van der Waals surface area contributed by atoms with Crippen molar-refractivity contribution in [2.24, 2.45) is 7.05 Å². The lowest BCUT2D eigenvalue weighted by molar-refractivity contribution is 0.0763. The second-order valence-corrected chi connectivity index (χ2v) is 6.17. The van der Waals surface area contributed by atoms with E-state index in [2.05, 4.69) is 15.5 Å². The van der Waals surface area contributed by atoms with E-state index in [0.717, 1.165) is 0 Å². The lowest BCUT2D eigenvalue weighted by atomic mass is 9.79. The number of aromatic nitrogens is 4. The summed E-state index contributed by atoms with van der Waals surface area (Å²) in [4.78, 5) is 0. The Bertz CT molecular complexity index is 872. The number of hydrogen-bond acceptors (Lipinski definition) is 4. The zero-order valence-corrected chi connectivity index (χ0v) is 14.2. The van der Waals surface area contributed by atoms with Gasteiger partial charge in [-0.1, -0.05) is 12.1 Å². The van der Waals surface area contributed by atoms with E-state index >= 15 is 0 Å². The van der Waals surface area contributed by atoms with E-state index in [1.807, 2.05) is 0 Å². The first kappa shape index (κ1) is 17.2. The van der Waals surface area contributed by atoms with Crippen molar-refractivity contribution >= 4 is 0 Å². The highest BCUT2D eigenvalue weighted by Crippen LogP contribution is 2.36. The third kappa shape index (κ3) is 3.15. The van der Waals surface area contributed by atoms with Crippen LogP contribution in [0.5, 0.6) is 0 Å². The van der Waals surface area contributed by atoms with Gasteiger partial charge in [-0.25, -0.2) is 13.5 Å². The number of benzene rings is 2. The Morgan fingerprint density at radius 3 is 1.92 bits per heavy atom. The molecule has 0 fully saturated rings. The maximum atomic E-state index is 13.5. The van der Waals surface area contributed by atoms with Gasteiger partial charge >= 0.3 is 0 Å². The molecule has 7 heteroatoms. The van der Waals surface area contributed by atoms with Gasteiger partial charge < -0.3 is 5.11 Å². The number of tetrazole rings is 1. The summed E-state index contributed by atoms with van der Waals surface area (Å²) in [7, 11) is 1.67. The molecule has 25 heavy (non-hydrogen) atoms. The van der Waals surface area contributed by atoms with E-state index in [-0.39, 0.29) is 18.1 Å². The first-order chi connectivity index (χ1) is 11.8. The standard InChI is InChI=1S/C18H18F2N4O/c1-11-8-13(19)4-6-15(11)18(25,10-17-21-22-23-24(17)3)16-7-5-14(20)9-12(16)2/h4-9,25H,10H2,1-3H3. The highest BCUT2D eigenvalue weighted by molar-refractivity contribution is 5.44. The molecule has 0 atom stereocenters. The van der Waals surface area contributed by atoms with Gasteiger partial charge in [0.15, 0.2) is 5.82 Å². The minimum atomic E-state index is -1.53. The van der Waals surface area contributed by atoms with Crippen LogP contribution in [0.15, 0.2) is 36.4 Å². The Morgan fingerprint density at radius 2 is 1.52 bits per heavy atom. The summed E-state index contributed by atoms with van der Waals surface area (Å²) >= 11 is 0. The van der Waals surface area contributed by atoms with E-state index < -0.39 is 5.60 Å². The zero-order valence-electron chi connectivity index (χ0n) is 14.2. The molecule has 0 spiro atoms. The summed E-state index contributed by atoms with van der Waals surface area (Å²) < 4.78 is 28.5. The fourth-order valence-electron chi connectivity index (χ4n) is 3.14. The summed E-state index contributed by atoms with van der Waals surface area (Å²) in [5, 5.41) is 23.0. The molecule has 1 heterocycles. The molecule has 0 saturated carbocycles. The van der Waals surface area contributed by atoms with E-state index in [1.165, 1.54) is 41.1 Å². The molecule has 1 N–H and O–H groups in total. The molecular formula is C18H18F2N4O. The number of aliphatic hydroxyl groups is 1. The third-order valence-corrected chi connectivity index (χ3v) is 4.39. The van der Waals surface area contributed by atoms with Crippen LogP contribution >= 0.6 is 0 Å². The van der Waals surface area contributed by atoms with Crippen molar-refractivity contribution < 1.29 is 13.9 Å². The molecule has 0 saturated heterocycles. The highest BCUT2D eigenvalue weighted by atomic mass is 19.1. The summed E-state index contributed by atoms with van der Waals surface area (Å²) in [5.41, 5.74) is 0.679. The maximum absolute atomic E-state index is 13.5. The highest BCUT2D eigenvalue weighted by Gasteiger charge is 2.36. The Morgan fingerprint density at radius 1 is 1.00 bits per heavy atom. The number of hydrogen-bond donors (Lipinski definition) is 1. The van der Waals surface area contributed by atoms with Gasteiger partial charge in [0.25, 0.3) is 0 Å². The lowest BCUT2D eigenvalue weighted by Crippen LogP contribution is -2.33. The van der Waals surface area contributed by atoms with Crippen molar-refractivity contribution in [3.63, 3.8) is 0 Å². The first-order valence-corrected chi connectivity index (χ1v) is 7.78. The SMILES string of the molecule is Cc1cc(F)ccc1C(O)(Cc1nnnn1C)c1ccc(F)cc1C. The van der Waals surface area contributed by atoms with Gasteiger partial charge in [-0.15, -0.1) is 5.10 Å². The molecular weight excluding hydrogens is 326 g/mol. The Labute approximate surface area is 143 Å². The molecule has 0 aliphatic rings. The number of aryl methyl sites for hydroxylation is 3. The van der Waals surface area contributed by atoms with Crippen LogP contribution in [0, 0.1) is 25.5 Å². The molecule has 1 aromatic heterocycles. The van der Waals surface area contributed by atoms with E-state index in [9.17, 15) is 13.9 Å². The largest absolute Gasteiger partial charge is 0.380 e. The third-order valence-electron chi connectivity index (χ3n) is 4.39. The van der Waals surface area contributed by atoms with Crippen molar-refractivity contribution in [1.82, 2.24) is 20.2 Å². The van der Waals surface area contributed by atoms with Crippen LogP contribution in [0.3, 0.4) is 0 Å². The van der Waals surface area contributed by atoms with Gasteiger partial charge in [0.2, 0.25) is 0 Å². The van der Waals surface area contributed by atoms with Gasteiger partial charge in [0, 0.05) is 13.5 Å². The zero-order chi connectivity index (χ0) is 18.2. The maximum Gasteiger partial charge on any atom is 0.154 e. The van der Waals surface area contributed by atoms with Crippen LogP contribution in [0.4, 0.5) is 8.78 Å². The summed E-state index contributed by atoms with van der Waals surface area (Å²) in [5.74, 6) is -0.325. The molecule has 0 amide bonds. The van der Waals surface area contributed by atoms with Gasteiger partial charge in [0.05, 0.1) is 0 Å². The fraction of sp³-hybridized carbons (Fsp3) is 0.278. The Kier molecular flexibility index (Phi) is 4.34. The summed E-state index contributed by atoms with van der Waals surface area (Å²) in [6.07, 6.45) is 0.0649. The Balaban J connectivity index is 2.21. The predicted octanol–water partition coefficient (Wildman–Crippen LogP) is 2.58. The molecule has 5 nitrogen and oxygen atoms in total. The molecule has 2 aromatic carbocycles. The molecule has 0 unspecified atom stereocenters. The molecule has 0 aliphatic carbocycles. The quantitative estimate of drug-likeness (QED) is 0.790. The number of nitrogens with zero attached hydrogens (tertiary/aromatic N) is 4. The number of rotatable bonds is 4. The van der Waals surface area contributed by atoms with Crippen molar-refractivity contribution in [3.8, 4) is 0 Å². The average molecular weight is 344 g/mol. The van der Waals surface area contributed by atoms with Crippen LogP contribution in [-0.4, -0.2) is 25.3 Å². The topological polar surface area (TPSA) is 63.8 Å². The van der Waals surface area contributed by atoms with Crippen LogP contribution in [0.1, 0.15) is 28.1 Å². The van der Waals surface area contributed by atoms with E-state index in [0.29, 0.717) is 28.1 Å². The molecule has 0 bridgehead atoms. The second kappa shape index (κ2) is 6.33. The van der Waals surface area contributed by atoms with Crippen LogP contribution in [0.2, 0.25) is 0 Å². The minimum Gasteiger partial charge on any atom is -0.380 e. The smallest absolute Gasteiger partial charge is 0.154 e. The lowest BCUT2D eigenvalue weighted by Gasteiger charge is -2.31. The van der Waals surface area contributed by atoms with E-state index in [1.54, 1.807) is 20.9 Å². The van der Waals surface area contributed by atoms with Gasteiger partial charge in [-0.05, 0) is 70.8 Å². The Hall–Kier alpha value is -2.67. The minimum absolute atomic E-state index is 0.0649. The first-order valence-electron chi connectivity index (χ1n) is 7.78. The normalized spacial score (nSPS) is 11.8. The van der Waals surface area contributed by atoms with Gasteiger partial charge in [-0.3, -0.25) is 0 Å². The molecule has 0 radical (unpaired) electrons.